The van der Waals surface area contributed by atoms with Crippen LogP contribution in [-0.4, -0.2) is 35.2 Å². The molecule has 5 nitrogen and oxygen atoms in total. The Morgan fingerprint density at radius 1 is 1.50 bits per heavy atom. The van der Waals surface area contributed by atoms with Crippen LogP contribution < -0.4 is 14.8 Å². The Labute approximate surface area is 124 Å². The van der Waals surface area contributed by atoms with E-state index < -0.39 is 10.0 Å². The van der Waals surface area contributed by atoms with Crippen LogP contribution >= 0.6 is 11.6 Å². The second-order valence-corrected chi connectivity index (χ2v) is 7.03. The molecule has 0 radical (unpaired) electrons. The van der Waals surface area contributed by atoms with Crippen LogP contribution in [0.2, 0.25) is 5.02 Å². The molecule has 1 aromatic carbocycles. The molecule has 1 aliphatic rings. The van der Waals surface area contributed by atoms with Gasteiger partial charge in [-0.1, -0.05) is 11.6 Å². The molecule has 2 N–H and O–H groups in total. The number of nitrogens with one attached hydrogen (secondary N) is 2. The van der Waals surface area contributed by atoms with E-state index in [1.165, 1.54) is 19.2 Å². The second kappa shape index (κ2) is 6.76. The average Bonchev–Trinajstić information content (AvgIpc) is 2.46. The summed E-state index contributed by atoms with van der Waals surface area (Å²) in [5, 5.41) is 3.55. The van der Waals surface area contributed by atoms with Gasteiger partial charge in [-0.3, -0.25) is 0 Å². The highest BCUT2D eigenvalue weighted by Gasteiger charge is 2.19. The molecule has 112 valence electrons. The Morgan fingerprint density at radius 3 is 2.90 bits per heavy atom. The fourth-order valence-electron chi connectivity index (χ4n) is 2.22. The zero-order chi connectivity index (χ0) is 14.6. The Kier molecular flexibility index (Phi) is 5.26. The van der Waals surface area contributed by atoms with Gasteiger partial charge in [0.2, 0.25) is 10.0 Å². The van der Waals surface area contributed by atoms with Gasteiger partial charge in [0.1, 0.15) is 5.75 Å². The lowest BCUT2D eigenvalue weighted by Crippen LogP contribution is -2.38. The largest absolute Gasteiger partial charge is 0.495 e. The Bertz CT molecular complexity index is 557. The van der Waals surface area contributed by atoms with Gasteiger partial charge in [0.25, 0.3) is 0 Å². The SMILES string of the molecule is COc1ccc(S(=O)(=O)NCC2CCCNC2)cc1Cl. The van der Waals surface area contributed by atoms with E-state index in [2.05, 4.69) is 10.0 Å². The van der Waals surface area contributed by atoms with E-state index in [0.717, 1.165) is 25.9 Å². The summed E-state index contributed by atoms with van der Waals surface area (Å²) in [4.78, 5) is 0.159. The van der Waals surface area contributed by atoms with Crippen LogP contribution in [-0.2, 0) is 10.0 Å². The summed E-state index contributed by atoms with van der Waals surface area (Å²) in [5.41, 5.74) is 0. The smallest absolute Gasteiger partial charge is 0.240 e. The van der Waals surface area contributed by atoms with Crippen LogP contribution in [0.25, 0.3) is 0 Å². The minimum Gasteiger partial charge on any atom is -0.495 e. The highest BCUT2D eigenvalue weighted by Crippen LogP contribution is 2.26. The molecule has 1 heterocycles. The van der Waals surface area contributed by atoms with Gasteiger partial charge in [-0.15, -0.1) is 0 Å². The maximum absolute atomic E-state index is 12.2. The summed E-state index contributed by atoms with van der Waals surface area (Å²) in [6.07, 6.45) is 2.12. The fourth-order valence-corrected chi connectivity index (χ4v) is 3.69. The molecule has 0 bridgehead atoms. The lowest BCUT2D eigenvalue weighted by Gasteiger charge is -2.22. The molecule has 0 amide bonds. The molecule has 0 aromatic heterocycles. The standard InChI is InChI=1S/C13H19ClN2O3S/c1-19-13-5-4-11(7-12(13)14)20(17,18)16-9-10-3-2-6-15-8-10/h4-5,7,10,15-16H,2-3,6,8-9H2,1H3. The van der Waals surface area contributed by atoms with Gasteiger partial charge in [0, 0.05) is 6.54 Å². The predicted molar refractivity (Wildman–Crippen MR) is 78.8 cm³/mol. The van der Waals surface area contributed by atoms with Gasteiger partial charge in [-0.25, -0.2) is 13.1 Å². The van der Waals surface area contributed by atoms with Crippen LogP contribution in [0.3, 0.4) is 0 Å². The van der Waals surface area contributed by atoms with Gasteiger partial charge >= 0.3 is 0 Å². The summed E-state index contributed by atoms with van der Waals surface area (Å²) < 4.78 is 32.0. The van der Waals surface area contributed by atoms with Crippen molar-refractivity contribution in [3.8, 4) is 5.75 Å². The number of hydrogen-bond donors (Lipinski definition) is 2. The van der Waals surface area contributed by atoms with Crippen molar-refractivity contribution in [1.29, 1.82) is 0 Å². The number of rotatable bonds is 5. The van der Waals surface area contributed by atoms with Crippen LogP contribution in [0.4, 0.5) is 0 Å². The van der Waals surface area contributed by atoms with E-state index in [4.69, 9.17) is 16.3 Å². The number of methoxy groups -OCH3 is 1. The van der Waals surface area contributed by atoms with Crippen molar-refractivity contribution in [2.45, 2.75) is 17.7 Å². The van der Waals surface area contributed by atoms with Crippen molar-refractivity contribution in [1.82, 2.24) is 10.0 Å². The van der Waals surface area contributed by atoms with Crippen LogP contribution in [0.5, 0.6) is 5.75 Å². The summed E-state index contributed by atoms with van der Waals surface area (Å²) in [6, 6.07) is 4.45. The first-order chi connectivity index (χ1) is 9.53. The first-order valence-corrected chi connectivity index (χ1v) is 8.43. The Balaban J connectivity index is 2.04. The van der Waals surface area contributed by atoms with Crippen molar-refractivity contribution >= 4 is 21.6 Å². The van der Waals surface area contributed by atoms with Crippen LogP contribution in [0.15, 0.2) is 23.1 Å². The van der Waals surface area contributed by atoms with Gasteiger partial charge < -0.3 is 10.1 Å². The number of hydrogen-bond acceptors (Lipinski definition) is 4. The molecular weight excluding hydrogens is 300 g/mol. The first kappa shape index (κ1) is 15.6. The maximum Gasteiger partial charge on any atom is 0.240 e. The van der Waals surface area contributed by atoms with Crippen molar-refractivity contribution in [2.24, 2.45) is 5.92 Å². The number of benzene rings is 1. The number of halogens is 1. The summed E-state index contributed by atoms with van der Waals surface area (Å²) in [5.74, 6) is 0.800. The highest BCUT2D eigenvalue weighted by atomic mass is 35.5. The predicted octanol–water partition coefficient (Wildman–Crippen LogP) is 1.63. The second-order valence-electron chi connectivity index (χ2n) is 4.86. The summed E-state index contributed by atoms with van der Waals surface area (Å²) in [7, 11) is -2.04. The molecule has 2 rings (SSSR count). The Morgan fingerprint density at radius 2 is 2.30 bits per heavy atom. The van der Waals surface area contributed by atoms with E-state index in [1.807, 2.05) is 0 Å². The third kappa shape index (κ3) is 3.85. The Hall–Kier alpha value is -0.820. The van der Waals surface area contributed by atoms with Gasteiger partial charge in [-0.05, 0) is 50.0 Å². The molecule has 0 aliphatic carbocycles. The molecule has 1 aliphatic heterocycles. The molecule has 1 saturated heterocycles. The summed E-state index contributed by atoms with van der Waals surface area (Å²) >= 11 is 5.96. The molecule has 1 atom stereocenters. The van der Waals surface area contributed by atoms with Gasteiger partial charge in [0.05, 0.1) is 17.0 Å². The maximum atomic E-state index is 12.2. The van der Waals surface area contributed by atoms with E-state index >= 15 is 0 Å². The number of sulfonamides is 1. The van der Waals surface area contributed by atoms with Crippen LogP contribution in [0, 0.1) is 5.92 Å². The van der Waals surface area contributed by atoms with E-state index in [-0.39, 0.29) is 9.92 Å². The van der Waals surface area contributed by atoms with Crippen molar-refractivity contribution in [2.75, 3.05) is 26.7 Å². The number of ether oxygens (including phenoxy) is 1. The van der Waals surface area contributed by atoms with E-state index in [1.54, 1.807) is 6.07 Å². The number of piperidine rings is 1. The topological polar surface area (TPSA) is 67.4 Å². The van der Waals surface area contributed by atoms with E-state index in [0.29, 0.717) is 18.2 Å². The van der Waals surface area contributed by atoms with Crippen molar-refractivity contribution < 1.29 is 13.2 Å². The molecule has 0 saturated carbocycles. The monoisotopic (exact) mass is 318 g/mol. The summed E-state index contributed by atoms with van der Waals surface area (Å²) in [6.45, 7) is 2.31. The normalized spacial score (nSPS) is 19.8. The van der Waals surface area contributed by atoms with E-state index in [9.17, 15) is 8.42 Å². The van der Waals surface area contributed by atoms with Gasteiger partial charge in [-0.2, -0.15) is 0 Å². The average molecular weight is 319 g/mol. The minimum absolute atomic E-state index is 0.159. The highest BCUT2D eigenvalue weighted by molar-refractivity contribution is 7.89. The third-order valence-corrected chi connectivity index (χ3v) is 5.11. The zero-order valence-corrected chi connectivity index (χ0v) is 12.9. The van der Waals surface area contributed by atoms with Crippen LogP contribution in [0.1, 0.15) is 12.8 Å². The molecular formula is C13H19ClN2O3S. The minimum atomic E-state index is -3.52. The van der Waals surface area contributed by atoms with Gasteiger partial charge in [0.15, 0.2) is 0 Å². The molecule has 1 fully saturated rings. The zero-order valence-electron chi connectivity index (χ0n) is 11.4. The van der Waals surface area contributed by atoms with Crippen molar-refractivity contribution in [3.63, 3.8) is 0 Å². The lowest BCUT2D eigenvalue weighted by atomic mass is 10.0. The third-order valence-electron chi connectivity index (χ3n) is 3.39. The van der Waals surface area contributed by atoms with Crippen molar-refractivity contribution in [3.05, 3.63) is 23.2 Å². The molecule has 1 unspecified atom stereocenters. The molecule has 20 heavy (non-hydrogen) atoms. The molecule has 0 spiro atoms. The molecule has 1 aromatic rings. The lowest BCUT2D eigenvalue weighted by molar-refractivity contribution is 0.376. The first-order valence-electron chi connectivity index (χ1n) is 6.57. The molecule has 7 heteroatoms. The fraction of sp³-hybridized carbons (Fsp3) is 0.538. The quantitative estimate of drug-likeness (QED) is 0.866.